The van der Waals surface area contributed by atoms with E-state index in [1.807, 2.05) is 48.5 Å². The van der Waals surface area contributed by atoms with E-state index in [2.05, 4.69) is 17.4 Å². The van der Waals surface area contributed by atoms with Gasteiger partial charge in [-0.2, -0.15) is 0 Å². The summed E-state index contributed by atoms with van der Waals surface area (Å²) >= 11 is 0. The highest BCUT2D eigenvalue weighted by Gasteiger charge is 2.36. The molecular weight excluding hydrogens is 262 g/mol. The molecule has 3 rings (SSSR count). The van der Waals surface area contributed by atoms with Crippen LogP contribution in [0.5, 0.6) is 0 Å². The molecule has 0 aromatic heterocycles. The quantitative estimate of drug-likeness (QED) is 0.908. The predicted molar refractivity (Wildman–Crippen MR) is 82.1 cm³/mol. The van der Waals surface area contributed by atoms with Crippen molar-refractivity contribution in [2.45, 2.75) is 18.4 Å². The van der Waals surface area contributed by atoms with E-state index >= 15 is 0 Å². The van der Waals surface area contributed by atoms with E-state index in [1.54, 1.807) is 0 Å². The van der Waals surface area contributed by atoms with Crippen molar-refractivity contribution in [3.63, 3.8) is 0 Å². The van der Waals surface area contributed by atoms with Crippen LogP contribution in [0.1, 0.15) is 29.5 Å². The molecular formula is C18H19NO2. The minimum atomic E-state index is -0.720. The molecule has 0 bridgehead atoms. The molecule has 1 fully saturated rings. The summed E-state index contributed by atoms with van der Waals surface area (Å²) in [7, 11) is 0. The molecule has 3 heteroatoms. The lowest BCUT2D eigenvalue weighted by molar-refractivity contribution is -0.143. The van der Waals surface area contributed by atoms with Crippen molar-refractivity contribution < 1.29 is 9.90 Å². The summed E-state index contributed by atoms with van der Waals surface area (Å²) in [6.45, 7) is 0.508. The number of nitrogens with one attached hydrogen (secondary N) is 1. The molecule has 2 N–H and O–H groups in total. The van der Waals surface area contributed by atoms with Crippen LogP contribution in [0.3, 0.4) is 0 Å². The van der Waals surface area contributed by atoms with E-state index in [0.29, 0.717) is 6.54 Å². The van der Waals surface area contributed by atoms with Crippen molar-refractivity contribution in [1.29, 1.82) is 0 Å². The highest BCUT2D eigenvalue weighted by molar-refractivity contribution is 5.72. The summed E-state index contributed by atoms with van der Waals surface area (Å²) in [5.41, 5.74) is 2.34. The van der Waals surface area contributed by atoms with Crippen LogP contribution in [0.2, 0.25) is 0 Å². The van der Waals surface area contributed by atoms with E-state index < -0.39 is 5.97 Å². The number of hydrogen-bond donors (Lipinski definition) is 2. The van der Waals surface area contributed by atoms with E-state index in [-0.39, 0.29) is 17.9 Å². The van der Waals surface area contributed by atoms with Gasteiger partial charge < -0.3 is 10.4 Å². The van der Waals surface area contributed by atoms with Crippen LogP contribution >= 0.6 is 0 Å². The monoisotopic (exact) mass is 281 g/mol. The van der Waals surface area contributed by atoms with Gasteiger partial charge in [0.15, 0.2) is 0 Å². The molecule has 3 atom stereocenters. The number of carboxylic acids is 1. The van der Waals surface area contributed by atoms with Gasteiger partial charge in [-0.25, -0.2) is 0 Å². The SMILES string of the molecule is O=C(O)[C@@H]1CN[C@H](c2ccccc2)C[C@@H]1c1ccccc1. The van der Waals surface area contributed by atoms with Crippen molar-refractivity contribution in [3.05, 3.63) is 71.8 Å². The fourth-order valence-electron chi connectivity index (χ4n) is 3.18. The molecule has 0 spiro atoms. The van der Waals surface area contributed by atoms with E-state index in [1.165, 1.54) is 5.56 Å². The van der Waals surface area contributed by atoms with Gasteiger partial charge in [0.25, 0.3) is 0 Å². The molecule has 0 saturated carbocycles. The first-order chi connectivity index (χ1) is 10.3. The van der Waals surface area contributed by atoms with Gasteiger partial charge in [0.05, 0.1) is 5.92 Å². The lowest BCUT2D eigenvalue weighted by Gasteiger charge is -2.35. The van der Waals surface area contributed by atoms with Gasteiger partial charge in [0.2, 0.25) is 0 Å². The average molecular weight is 281 g/mol. The number of carbonyl (C=O) groups is 1. The zero-order valence-corrected chi connectivity index (χ0v) is 11.8. The van der Waals surface area contributed by atoms with Gasteiger partial charge in [-0.15, -0.1) is 0 Å². The number of benzene rings is 2. The van der Waals surface area contributed by atoms with Crippen molar-refractivity contribution >= 4 is 5.97 Å². The van der Waals surface area contributed by atoms with Gasteiger partial charge in [-0.3, -0.25) is 4.79 Å². The summed E-state index contributed by atoms with van der Waals surface area (Å²) in [5.74, 6) is -1.04. The van der Waals surface area contributed by atoms with Crippen LogP contribution in [-0.4, -0.2) is 17.6 Å². The molecule has 0 aliphatic carbocycles. The largest absolute Gasteiger partial charge is 0.481 e. The van der Waals surface area contributed by atoms with Crippen LogP contribution in [0.15, 0.2) is 60.7 Å². The first kappa shape index (κ1) is 13.8. The summed E-state index contributed by atoms with van der Waals surface area (Å²) in [6, 6.07) is 20.5. The van der Waals surface area contributed by atoms with Gasteiger partial charge in [-0.05, 0) is 17.5 Å². The average Bonchev–Trinajstić information content (AvgIpc) is 2.56. The van der Waals surface area contributed by atoms with Crippen LogP contribution in [0.4, 0.5) is 0 Å². The van der Waals surface area contributed by atoms with E-state index in [9.17, 15) is 9.90 Å². The van der Waals surface area contributed by atoms with Gasteiger partial charge >= 0.3 is 5.97 Å². The number of rotatable bonds is 3. The Bertz CT molecular complexity index is 597. The van der Waals surface area contributed by atoms with Crippen molar-refractivity contribution in [2.75, 3.05) is 6.54 Å². The van der Waals surface area contributed by atoms with Crippen LogP contribution in [0.25, 0.3) is 0 Å². The van der Waals surface area contributed by atoms with Gasteiger partial charge in [0, 0.05) is 18.5 Å². The zero-order valence-electron chi connectivity index (χ0n) is 11.8. The van der Waals surface area contributed by atoms with Crippen molar-refractivity contribution in [1.82, 2.24) is 5.32 Å². The minimum absolute atomic E-state index is 0.0511. The summed E-state index contributed by atoms with van der Waals surface area (Å²) in [5, 5.41) is 12.9. The molecule has 1 saturated heterocycles. The fourth-order valence-corrected chi connectivity index (χ4v) is 3.18. The third kappa shape index (κ3) is 2.98. The molecule has 0 amide bonds. The minimum Gasteiger partial charge on any atom is -0.481 e. The fraction of sp³-hybridized carbons (Fsp3) is 0.278. The smallest absolute Gasteiger partial charge is 0.308 e. The van der Waals surface area contributed by atoms with Crippen molar-refractivity contribution in [2.24, 2.45) is 5.92 Å². The van der Waals surface area contributed by atoms with Crippen LogP contribution in [-0.2, 0) is 4.79 Å². The Morgan fingerprint density at radius 1 is 0.952 bits per heavy atom. The summed E-state index contributed by atoms with van der Waals surface area (Å²) < 4.78 is 0. The molecule has 21 heavy (non-hydrogen) atoms. The van der Waals surface area contributed by atoms with E-state index in [4.69, 9.17) is 0 Å². The van der Waals surface area contributed by atoms with Crippen LogP contribution in [0, 0.1) is 5.92 Å². The number of carboxylic acid groups (broad SMARTS) is 1. The molecule has 1 aliphatic heterocycles. The van der Waals surface area contributed by atoms with Crippen LogP contribution < -0.4 is 5.32 Å². The summed E-state index contributed by atoms with van der Waals surface area (Å²) in [6.07, 6.45) is 0.811. The Morgan fingerprint density at radius 2 is 1.52 bits per heavy atom. The lowest BCUT2D eigenvalue weighted by Crippen LogP contribution is -2.41. The number of aliphatic carboxylic acids is 1. The normalized spacial score (nSPS) is 25.4. The molecule has 0 unspecified atom stereocenters. The molecule has 108 valence electrons. The predicted octanol–water partition coefficient (Wildman–Crippen LogP) is 3.21. The third-order valence-electron chi connectivity index (χ3n) is 4.31. The van der Waals surface area contributed by atoms with Crippen molar-refractivity contribution in [3.8, 4) is 0 Å². The molecule has 2 aromatic carbocycles. The molecule has 2 aromatic rings. The maximum absolute atomic E-state index is 11.5. The summed E-state index contributed by atoms with van der Waals surface area (Å²) in [4.78, 5) is 11.5. The lowest BCUT2D eigenvalue weighted by atomic mass is 9.77. The first-order valence-electron chi connectivity index (χ1n) is 7.32. The Kier molecular flexibility index (Phi) is 4.02. The number of hydrogen-bond acceptors (Lipinski definition) is 2. The van der Waals surface area contributed by atoms with Gasteiger partial charge in [0.1, 0.15) is 0 Å². The Balaban J connectivity index is 1.87. The second kappa shape index (κ2) is 6.10. The molecule has 0 radical (unpaired) electrons. The van der Waals surface area contributed by atoms with Gasteiger partial charge in [-0.1, -0.05) is 60.7 Å². The Labute approximate surface area is 124 Å². The molecule has 1 aliphatic rings. The van der Waals surface area contributed by atoms with E-state index in [0.717, 1.165) is 12.0 Å². The highest BCUT2D eigenvalue weighted by Crippen LogP contribution is 2.37. The Morgan fingerprint density at radius 3 is 2.10 bits per heavy atom. The maximum atomic E-state index is 11.5. The third-order valence-corrected chi connectivity index (χ3v) is 4.31. The molecule has 1 heterocycles. The zero-order chi connectivity index (χ0) is 14.7. The molecule has 3 nitrogen and oxygen atoms in total. The Hall–Kier alpha value is -2.13. The standard InChI is InChI=1S/C18H19NO2/c20-18(21)16-12-19-17(14-9-5-2-6-10-14)11-15(16)13-7-3-1-4-8-13/h1-10,15-17,19H,11-12H2,(H,20,21)/t15-,16-,17+/m1/s1. The highest BCUT2D eigenvalue weighted by atomic mass is 16.4. The first-order valence-corrected chi connectivity index (χ1v) is 7.32. The maximum Gasteiger partial charge on any atom is 0.308 e. The topological polar surface area (TPSA) is 49.3 Å². The second-order valence-corrected chi connectivity index (χ2v) is 5.57. The number of piperidine rings is 1. The second-order valence-electron chi connectivity index (χ2n) is 5.57.